The summed E-state index contributed by atoms with van der Waals surface area (Å²) in [6.45, 7) is 9.04. The quantitative estimate of drug-likeness (QED) is 0.680. The Morgan fingerprint density at radius 1 is 1.15 bits per heavy atom. The lowest BCUT2D eigenvalue weighted by atomic mass is 9.72. The van der Waals surface area contributed by atoms with E-state index < -0.39 is 0 Å². The van der Waals surface area contributed by atoms with Crippen LogP contribution in [0.5, 0.6) is 0 Å². The van der Waals surface area contributed by atoms with Crippen molar-refractivity contribution in [1.29, 1.82) is 0 Å². The van der Waals surface area contributed by atoms with Gasteiger partial charge in [0.05, 0.1) is 12.2 Å². The largest absolute Gasteiger partial charge is 0.462 e. The van der Waals surface area contributed by atoms with Crippen LogP contribution < -0.4 is 5.32 Å². The second-order valence-corrected chi connectivity index (χ2v) is 10.2. The molecule has 0 aliphatic heterocycles. The van der Waals surface area contributed by atoms with E-state index >= 15 is 0 Å². The van der Waals surface area contributed by atoms with Crippen molar-refractivity contribution < 1.29 is 14.3 Å². The molecule has 0 aromatic carbocycles. The van der Waals surface area contributed by atoms with Gasteiger partial charge in [-0.1, -0.05) is 40.0 Å². The van der Waals surface area contributed by atoms with Crippen LogP contribution >= 0.6 is 11.3 Å². The summed E-state index contributed by atoms with van der Waals surface area (Å²) < 4.78 is 5.33. The molecule has 0 saturated heterocycles. The van der Waals surface area contributed by atoms with Gasteiger partial charge in [-0.25, -0.2) is 4.79 Å². The van der Waals surface area contributed by atoms with Gasteiger partial charge in [-0.05, 0) is 55.9 Å². The molecule has 5 heteroatoms. The predicted octanol–water partition coefficient (Wildman–Crippen LogP) is 5.59. The van der Waals surface area contributed by atoms with Gasteiger partial charge < -0.3 is 10.1 Å². The van der Waals surface area contributed by atoms with Gasteiger partial charge in [0, 0.05) is 10.8 Å². The van der Waals surface area contributed by atoms with E-state index in [9.17, 15) is 9.59 Å². The van der Waals surface area contributed by atoms with Gasteiger partial charge in [-0.2, -0.15) is 0 Å². The SMILES string of the molecule is CCOC(=O)c1c(NC(=O)C2CCCCC2)sc2c1CCC(C(C)(C)C)C2. The van der Waals surface area contributed by atoms with Crippen LogP contribution in [0.4, 0.5) is 5.00 Å². The first kappa shape index (κ1) is 20.4. The number of nitrogens with one attached hydrogen (secondary N) is 1. The van der Waals surface area contributed by atoms with Gasteiger partial charge in [-0.15, -0.1) is 11.3 Å². The third kappa shape index (κ3) is 4.56. The smallest absolute Gasteiger partial charge is 0.341 e. The van der Waals surface area contributed by atoms with E-state index in [0.717, 1.165) is 50.5 Å². The summed E-state index contributed by atoms with van der Waals surface area (Å²) in [5.74, 6) is 0.463. The summed E-state index contributed by atoms with van der Waals surface area (Å²) in [5.41, 5.74) is 1.98. The summed E-state index contributed by atoms with van der Waals surface area (Å²) in [6.07, 6.45) is 8.33. The van der Waals surface area contributed by atoms with Crippen LogP contribution in [0, 0.1) is 17.3 Å². The highest BCUT2D eigenvalue weighted by atomic mass is 32.1. The number of rotatable bonds is 4. The molecule has 0 radical (unpaired) electrons. The monoisotopic (exact) mass is 391 g/mol. The Kier molecular flexibility index (Phi) is 6.29. The first-order chi connectivity index (χ1) is 12.8. The summed E-state index contributed by atoms with van der Waals surface area (Å²) in [5, 5.41) is 3.82. The van der Waals surface area contributed by atoms with Crippen LogP contribution in [0.2, 0.25) is 0 Å². The zero-order valence-electron chi connectivity index (χ0n) is 17.2. The number of esters is 1. The van der Waals surface area contributed by atoms with Crippen molar-refractivity contribution >= 4 is 28.2 Å². The molecule has 27 heavy (non-hydrogen) atoms. The molecule has 150 valence electrons. The average molecular weight is 392 g/mol. The number of amides is 1. The highest BCUT2D eigenvalue weighted by molar-refractivity contribution is 7.17. The number of hydrogen-bond acceptors (Lipinski definition) is 4. The molecule has 1 fully saturated rings. The Labute approximate surface area is 167 Å². The molecular formula is C22H33NO3S. The van der Waals surface area contributed by atoms with E-state index in [1.807, 2.05) is 6.92 Å². The molecule has 1 amide bonds. The number of thiophene rings is 1. The Bertz CT molecular complexity index is 695. The molecule has 1 unspecified atom stereocenters. The summed E-state index contributed by atoms with van der Waals surface area (Å²) in [6, 6.07) is 0. The molecule has 1 N–H and O–H groups in total. The van der Waals surface area contributed by atoms with Gasteiger partial charge in [0.1, 0.15) is 5.00 Å². The minimum Gasteiger partial charge on any atom is -0.462 e. The van der Waals surface area contributed by atoms with Crippen molar-refractivity contribution in [2.75, 3.05) is 11.9 Å². The van der Waals surface area contributed by atoms with E-state index in [1.54, 1.807) is 11.3 Å². The lowest BCUT2D eigenvalue weighted by molar-refractivity contribution is -0.120. The number of anilines is 1. The van der Waals surface area contributed by atoms with Gasteiger partial charge in [0.2, 0.25) is 5.91 Å². The van der Waals surface area contributed by atoms with Crippen molar-refractivity contribution in [3.05, 3.63) is 16.0 Å². The third-order valence-electron chi connectivity index (χ3n) is 6.18. The fourth-order valence-electron chi connectivity index (χ4n) is 4.41. The first-order valence-corrected chi connectivity index (χ1v) is 11.3. The van der Waals surface area contributed by atoms with Crippen molar-refractivity contribution in [2.24, 2.45) is 17.3 Å². The van der Waals surface area contributed by atoms with E-state index in [4.69, 9.17) is 4.74 Å². The maximum Gasteiger partial charge on any atom is 0.341 e. The number of carbonyl (C=O) groups excluding carboxylic acids is 2. The summed E-state index contributed by atoms with van der Waals surface area (Å²) in [7, 11) is 0. The third-order valence-corrected chi connectivity index (χ3v) is 7.35. The highest BCUT2D eigenvalue weighted by Gasteiger charge is 2.35. The molecule has 3 rings (SSSR count). The molecule has 1 atom stereocenters. The normalized spacial score (nSPS) is 20.8. The molecule has 2 aliphatic carbocycles. The van der Waals surface area contributed by atoms with Gasteiger partial charge in [-0.3, -0.25) is 4.79 Å². The van der Waals surface area contributed by atoms with Crippen LogP contribution in [0.15, 0.2) is 0 Å². The Morgan fingerprint density at radius 3 is 2.48 bits per heavy atom. The van der Waals surface area contributed by atoms with Crippen LogP contribution in [-0.4, -0.2) is 18.5 Å². The Hall–Kier alpha value is -1.36. The van der Waals surface area contributed by atoms with Crippen molar-refractivity contribution in [3.63, 3.8) is 0 Å². The van der Waals surface area contributed by atoms with Gasteiger partial charge in [0.15, 0.2) is 0 Å². The molecule has 4 nitrogen and oxygen atoms in total. The average Bonchev–Trinajstić information content (AvgIpc) is 2.99. The number of hydrogen-bond donors (Lipinski definition) is 1. The van der Waals surface area contributed by atoms with Gasteiger partial charge >= 0.3 is 5.97 Å². The van der Waals surface area contributed by atoms with E-state index in [-0.39, 0.29) is 23.2 Å². The molecule has 1 heterocycles. The number of fused-ring (bicyclic) bond motifs is 1. The fraction of sp³-hybridized carbons (Fsp3) is 0.727. The van der Waals surface area contributed by atoms with Crippen molar-refractivity contribution in [1.82, 2.24) is 0 Å². The van der Waals surface area contributed by atoms with Crippen LogP contribution in [-0.2, 0) is 22.4 Å². The topological polar surface area (TPSA) is 55.4 Å². The lowest BCUT2D eigenvalue weighted by Gasteiger charge is -2.33. The standard InChI is InChI=1S/C22H33NO3S/c1-5-26-21(25)18-16-12-11-15(22(2,3)4)13-17(16)27-20(18)23-19(24)14-9-7-6-8-10-14/h14-15H,5-13H2,1-4H3,(H,23,24). The zero-order chi connectivity index (χ0) is 19.6. The second-order valence-electron chi connectivity index (χ2n) is 9.06. The van der Waals surface area contributed by atoms with Crippen LogP contribution in [0.25, 0.3) is 0 Å². The predicted molar refractivity (Wildman–Crippen MR) is 110 cm³/mol. The molecule has 0 spiro atoms. The van der Waals surface area contributed by atoms with E-state index in [2.05, 4.69) is 26.1 Å². The van der Waals surface area contributed by atoms with E-state index in [1.165, 1.54) is 11.3 Å². The summed E-state index contributed by atoms with van der Waals surface area (Å²) in [4.78, 5) is 26.7. The highest BCUT2D eigenvalue weighted by Crippen LogP contribution is 2.44. The Morgan fingerprint density at radius 2 is 1.85 bits per heavy atom. The molecular weight excluding hydrogens is 358 g/mol. The zero-order valence-corrected chi connectivity index (χ0v) is 18.0. The minimum absolute atomic E-state index is 0.0752. The van der Waals surface area contributed by atoms with E-state index in [0.29, 0.717) is 23.1 Å². The maximum atomic E-state index is 12.8. The molecule has 1 aromatic rings. The Balaban J connectivity index is 1.87. The number of ether oxygens (including phenoxy) is 1. The van der Waals surface area contributed by atoms with Crippen LogP contribution in [0.3, 0.4) is 0 Å². The minimum atomic E-state index is -0.289. The molecule has 0 bridgehead atoms. The second kappa shape index (κ2) is 8.34. The van der Waals surface area contributed by atoms with Crippen molar-refractivity contribution in [3.8, 4) is 0 Å². The lowest BCUT2D eigenvalue weighted by Crippen LogP contribution is -2.27. The molecule has 1 saturated carbocycles. The van der Waals surface area contributed by atoms with Gasteiger partial charge in [0.25, 0.3) is 0 Å². The fourth-order valence-corrected chi connectivity index (χ4v) is 5.73. The molecule has 2 aliphatic rings. The number of carbonyl (C=O) groups is 2. The van der Waals surface area contributed by atoms with Crippen molar-refractivity contribution in [2.45, 2.75) is 79.1 Å². The van der Waals surface area contributed by atoms with Crippen LogP contribution in [0.1, 0.15) is 87.0 Å². The first-order valence-electron chi connectivity index (χ1n) is 10.4. The summed E-state index contributed by atoms with van der Waals surface area (Å²) >= 11 is 1.60. The molecule has 1 aromatic heterocycles. The maximum absolute atomic E-state index is 12.8.